The summed E-state index contributed by atoms with van der Waals surface area (Å²) in [4.78, 5) is 25.2. The van der Waals surface area contributed by atoms with E-state index in [2.05, 4.69) is 10.3 Å². The van der Waals surface area contributed by atoms with Gasteiger partial charge in [0.2, 0.25) is 0 Å². The zero-order valence-electron chi connectivity index (χ0n) is 11.2. The molecule has 1 unspecified atom stereocenters. The highest BCUT2D eigenvalue weighted by molar-refractivity contribution is 5.98. The van der Waals surface area contributed by atoms with Crippen molar-refractivity contribution in [2.24, 2.45) is 5.92 Å². The van der Waals surface area contributed by atoms with Crippen molar-refractivity contribution in [1.29, 1.82) is 0 Å². The second-order valence-electron chi connectivity index (χ2n) is 4.94. The van der Waals surface area contributed by atoms with Crippen LogP contribution in [0.3, 0.4) is 0 Å². The summed E-state index contributed by atoms with van der Waals surface area (Å²) in [5.74, 6) is -1.51. The molecule has 1 aliphatic rings. The van der Waals surface area contributed by atoms with E-state index in [9.17, 15) is 9.59 Å². The van der Waals surface area contributed by atoms with Crippen molar-refractivity contribution >= 4 is 11.9 Å². The lowest BCUT2D eigenvalue weighted by Gasteiger charge is -2.17. The fraction of sp³-hybridized carbons (Fsp3) is 0.286. The Morgan fingerprint density at radius 1 is 1.29 bits per heavy atom. The lowest BCUT2D eigenvalue weighted by Crippen LogP contribution is -2.30. The molecule has 1 atom stereocenters. The summed E-state index contributed by atoms with van der Waals surface area (Å²) in [6, 6.07) is 7.09. The van der Waals surface area contributed by atoms with Gasteiger partial charge in [-0.25, -0.2) is 4.68 Å². The van der Waals surface area contributed by atoms with E-state index < -0.39 is 11.9 Å². The van der Waals surface area contributed by atoms with E-state index in [0.29, 0.717) is 24.2 Å². The molecule has 1 saturated heterocycles. The third-order valence-corrected chi connectivity index (χ3v) is 3.63. The van der Waals surface area contributed by atoms with E-state index in [1.807, 2.05) is 6.07 Å². The van der Waals surface area contributed by atoms with Crippen LogP contribution in [-0.4, -0.2) is 50.0 Å². The number of carbonyl (C=O) groups is 2. The fourth-order valence-corrected chi connectivity index (χ4v) is 2.51. The molecule has 108 valence electrons. The molecular weight excluding hydrogens is 272 g/mol. The molecule has 3 rings (SSSR count). The Morgan fingerprint density at radius 3 is 2.76 bits per heavy atom. The van der Waals surface area contributed by atoms with Crippen LogP contribution >= 0.6 is 0 Å². The van der Waals surface area contributed by atoms with Crippen molar-refractivity contribution in [3.63, 3.8) is 0 Å². The van der Waals surface area contributed by atoms with Gasteiger partial charge in [-0.1, -0.05) is 17.3 Å². The first-order valence-corrected chi connectivity index (χ1v) is 6.64. The molecule has 1 fully saturated rings. The molecule has 2 aromatic rings. The van der Waals surface area contributed by atoms with E-state index >= 15 is 0 Å². The number of aliphatic carboxylic acids is 1. The Kier molecular flexibility index (Phi) is 3.39. The Bertz CT molecular complexity index is 669. The van der Waals surface area contributed by atoms with Crippen LogP contribution in [0.2, 0.25) is 0 Å². The Balaban J connectivity index is 1.88. The zero-order valence-corrected chi connectivity index (χ0v) is 11.2. The van der Waals surface area contributed by atoms with Crippen LogP contribution < -0.4 is 0 Å². The molecule has 7 heteroatoms. The topological polar surface area (TPSA) is 88.3 Å². The fourth-order valence-electron chi connectivity index (χ4n) is 2.51. The summed E-state index contributed by atoms with van der Waals surface area (Å²) in [6.07, 6.45) is 3.69. The highest BCUT2D eigenvalue weighted by atomic mass is 16.4. The minimum atomic E-state index is -0.852. The first-order chi connectivity index (χ1) is 10.2. The molecule has 2 heterocycles. The second kappa shape index (κ2) is 5.35. The molecule has 0 aliphatic carbocycles. The van der Waals surface area contributed by atoms with E-state index in [1.165, 1.54) is 10.9 Å². The van der Waals surface area contributed by atoms with Gasteiger partial charge in [0.25, 0.3) is 5.91 Å². The van der Waals surface area contributed by atoms with E-state index in [4.69, 9.17) is 5.11 Å². The van der Waals surface area contributed by atoms with Crippen LogP contribution in [-0.2, 0) is 4.79 Å². The number of carboxylic acid groups (broad SMARTS) is 1. The standard InChI is InChI=1S/C14H14N4O3/c19-13(17-7-5-10(9-17)14(20)21)11-3-1-2-4-12(11)18-8-6-15-16-18/h1-4,6,8,10H,5,7,9H2,(H,20,21). The molecular formula is C14H14N4O3. The van der Waals surface area contributed by atoms with Gasteiger partial charge in [-0.05, 0) is 18.6 Å². The van der Waals surface area contributed by atoms with Crippen molar-refractivity contribution in [3.8, 4) is 5.69 Å². The van der Waals surface area contributed by atoms with Crippen LogP contribution in [0.4, 0.5) is 0 Å². The molecule has 21 heavy (non-hydrogen) atoms. The van der Waals surface area contributed by atoms with Crippen molar-refractivity contribution in [2.45, 2.75) is 6.42 Å². The van der Waals surface area contributed by atoms with Crippen molar-refractivity contribution in [1.82, 2.24) is 19.9 Å². The number of hydrogen-bond donors (Lipinski definition) is 1. The molecule has 1 aromatic heterocycles. The maximum atomic E-state index is 12.6. The first kappa shape index (κ1) is 13.3. The number of hydrogen-bond acceptors (Lipinski definition) is 4. The lowest BCUT2D eigenvalue weighted by atomic mass is 10.1. The van der Waals surface area contributed by atoms with Gasteiger partial charge in [0.05, 0.1) is 29.6 Å². The second-order valence-corrected chi connectivity index (χ2v) is 4.94. The predicted octanol–water partition coefficient (Wildman–Crippen LogP) is 0.814. The summed E-state index contributed by atoms with van der Waals surface area (Å²) in [5, 5.41) is 16.7. The Hall–Kier alpha value is -2.70. The van der Waals surface area contributed by atoms with Gasteiger partial charge in [0.1, 0.15) is 0 Å². The molecule has 1 N–H and O–H groups in total. The van der Waals surface area contributed by atoms with Crippen LogP contribution in [0.5, 0.6) is 0 Å². The number of rotatable bonds is 3. The van der Waals surface area contributed by atoms with Crippen LogP contribution in [0.1, 0.15) is 16.8 Å². The Labute approximate surface area is 120 Å². The summed E-state index contributed by atoms with van der Waals surface area (Å²) in [5.41, 5.74) is 1.13. The molecule has 1 amide bonds. The number of carboxylic acids is 1. The molecule has 7 nitrogen and oxygen atoms in total. The lowest BCUT2D eigenvalue weighted by molar-refractivity contribution is -0.141. The normalized spacial score (nSPS) is 17.9. The first-order valence-electron chi connectivity index (χ1n) is 6.64. The Morgan fingerprint density at radius 2 is 2.10 bits per heavy atom. The van der Waals surface area contributed by atoms with Gasteiger partial charge in [0, 0.05) is 13.1 Å². The molecule has 0 bridgehead atoms. The van der Waals surface area contributed by atoms with E-state index in [0.717, 1.165) is 0 Å². The number of likely N-dealkylation sites (tertiary alicyclic amines) is 1. The third-order valence-electron chi connectivity index (χ3n) is 3.63. The molecule has 0 spiro atoms. The quantitative estimate of drug-likeness (QED) is 0.902. The largest absolute Gasteiger partial charge is 0.481 e. The van der Waals surface area contributed by atoms with E-state index in [1.54, 1.807) is 29.3 Å². The van der Waals surface area contributed by atoms with E-state index in [-0.39, 0.29) is 12.5 Å². The number of benzene rings is 1. The minimum absolute atomic E-state index is 0.176. The number of amides is 1. The highest BCUT2D eigenvalue weighted by Gasteiger charge is 2.32. The number of carbonyl (C=O) groups excluding carboxylic acids is 1. The molecule has 1 aliphatic heterocycles. The van der Waals surface area contributed by atoms with Gasteiger partial charge >= 0.3 is 5.97 Å². The third kappa shape index (κ3) is 2.49. The van der Waals surface area contributed by atoms with Crippen molar-refractivity contribution in [3.05, 3.63) is 42.2 Å². The van der Waals surface area contributed by atoms with Crippen molar-refractivity contribution in [2.75, 3.05) is 13.1 Å². The van der Waals surface area contributed by atoms with Gasteiger partial charge in [-0.3, -0.25) is 9.59 Å². The van der Waals surface area contributed by atoms with Gasteiger partial charge in [-0.2, -0.15) is 0 Å². The minimum Gasteiger partial charge on any atom is -0.481 e. The zero-order chi connectivity index (χ0) is 14.8. The summed E-state index contributed by atoms with van der Waals surface area (Å²) in [6.45, 7) is 0.710. The maximum Gasteiger partial charge on any atom is 0.308 e. The molecule has 0 saturated carbocycles. The maximum absolute atomic E-state index is 12.6. The van der Waals surface area contributed by atoms with Crippen LogP contribution in [0.15, 0.2) is 36.7 Å². The average molecular weight is 286 g/mol. The predicted molar refractivity (Wildman–Crippen MR) is 73.0 cm³/mol. The summed E-state index contributed by atoms with van der Waals surface area (Å²) < 4.78 is 1.53. The van der Waals surface area contributed by atoms with Gasteiger partial charge in [0.15, 0.2) is 0 Å². The monoisotopic (exact) mass is 286 g/mol. The van der Waals surface area contributed by atoms with Crippen LogP contribution in [0, 0.1) is 5.92 Å². The summed E-state index contributed by atoms with van der Waals surface area (Å²) >= 11 is 0. The van der Waals surface area contributed by atoms with Crippen LogP contribution in [0.25, 0.3) is 5.69 Å². The summed E-state index contributed by atoms with van der Waals surface area (Å²) in [7, 11) is 0. The van der Waals surface area contributed by atoms with Gasteiger partial charge < -0.3 is 10.0 Å². The molecule has 0 radical (unpaired) electrons. The number of para-hydroxylation sites is 1. The van der Waals surface area contributed by atoms with Gasteiger partial charge in [-0.15, -0.1) is 5.10 Å². The SMILES string of the molecule is O=C(O)C1CCN(C(=O)c2ccccc2-n2ccnn2)C1. The van der Waals surface area contributed by atoms with Crippen molar-refractivity contribution < 1.29 is 14.7 Å². The number of aromatic nitrogens is 3. The smallest absolute Gasteiger partial charge is 0.308 e. The average Bonchev–Trinajstić information content (AvgIpc) is 3.18. The number of nitrogens with zero attached hydrogens (tertiary/aromatic N) is 4. The molecule has 1 aromatic carbocycles. The highest BCUT2D eigenvalue weighted by Crippen LogP contribution is 2.21.